The van der Waals surface area contributed by atoms with Crippen molar-refractivity contribution in [2.24, 2.45) is 0 Å². The Kier molecular flexibility index (Phi) is 5.62. The number of rotatable bonds is 6. The second-order valence-electron chi connectivity index (χ2n) is 4.47. The Morgan fingerprint density at radius 1 is 1.15 bits per heavy atom. The molecule has 2 N–H and O–H groups in total. The predicted octanol–water partition coefficient (Wildman–Crippen LogP) is 4.79. The average molecular weight is 308 g/mol. The number of ether oxygens (including phenoxy) is 1. The normalized spacial score (nSPS) is 10.5. The summed E-state index contributed by atoms with van der Waals surface area (Å²) in [6, 6.07) is 13.5. The fourth-order valence-electron chi connectivity index (χ4n) is 1.75. The molecule has 4 heteroatoms. The Bertz CT molecular complexity index is 557. The lowest BCUT2D eigenvalue weighted by Crippen LogP contribution is -1.99. The van der Waals surface area contributed by atoms with Crippen molar-refractivity contribution < 1.29 is 4.74 Å². The first kappa shape index (κ1) is 15.1. The number of nitrogens with two attached hydrogens (primary N) is 1. The van der Waals surface area contributed by atoms with Gasteiger partial charge in [-0.15, -0.1) is 11.8 Å². The standard InChI is InChI=1S/C16H18ClNOS/c1-12-15(18)4-2-5-16(12)20-11-3-10-19-14-8-6-13(17)7-9-14/h2,4-9H,3,10-11,18H2,1H3. The topological polar surface area (TPSA) is 35.2 Å². The minimum Gasteiger partial charge on any atom is -0.494 e. The fourth-order valence-corrected chi connectivity index (χ4v) is 2.87. The van der Waals surface area contributed by atoms with Crippen molar-refractivity contribution in [2.75, 3.05) is 18.1 Å². The number of nitrogen functional groups attached to an aromatic ring is 1. The summed E-state index contributed by atoms with van der Waals surface area (Å²) < 4.78 is 5.66. The van der Waals surface area contributed by atoms with Crippen molar-refractivity contribution in [1.82, 2.24) is 0 Å². The van der Waals surface area contributed by atoms with E-state index < -0.39 is 0 Å². The molecule has 0 unspecified atom stereocenters. The number of benzene rings is 2. The highest BCUT2D eigenvalue weighted by Gasteiger charge is 2.01. The summed E-state index contributed by atoms with van der Waals surface area (Å²) >= 11 is 7.64. The van der Waals surface area contributed by atoms with Crippen LogP contribution < -0.4 is 10.5 Å². The van der Waals surface area contributed by atoms with Crippen LogP contribution in [0.2, 0.25) is 5.02 Å². The summed E-state index contributed by atoms with van der Waals surface area (Å²) in [5, 5.41) is 0.727. The van der Waals surface area contributed by atoms with Crippen LogP contribution in [0.25, 0.3) is 0 Å². The van der Waals surface area contributed by atoms with Gasteiger partial charge in [-0.05, 0) is 55.3 Å². The predicted molar refractivity (Wildman–Crippen MR) is 87.9 cm³/mol. The van der Waals surface area contributed by atoms with Crippen molar-refractivity contribution in [3.63, 3.8) is 0 Å². The van der Waals surface area contributed by atoms with Gasteiger partial charge in [-0.1, -0.05) is 17.7 Å². The zero-order valence-corrected chi connectivity index (χ0v) is 13.0. The zero-order valence-electron chi connectivity index (χ0n) is 11.4. The van der Waals surface area contributed by atoms with E-state index in [1.807, 2.05) is 48.2 Å². The van der Waals surface area contributed by atoms with E-state index in [-0.39, 0.29) is 0 Å². The molecule has 0 aliphatic heterocycles. The quantitative estimate of drug-likeness (QED) is 0.473. The lowest BCUT2D eigenvalue weighted by atomic mass is 10.2. The fraction of sp³-hybridized carbons (Fsp3) is 0.250. The summed E-state index contributed by atoms with van der Waals surface area (Å²) in [5.41, 5.74) is 7.91. The van der Waals surface area contributed by atoms with Gasteiger partial charge in [0.25, 0.3) is 0 Å². The van der Waals surface area contributed by atoms with Crippen LogP contribution in [-0.4, -0.2) is 12.4 Å². The molecule has 0 aliphatic rings. The van der Waals surface area contributed by atoms with E-state index in [0.29, 0.717) is 6.61 Å². The van der Waals surface area contributed by atoms with Gasteiger partial charge in [-0.3, -0.25) is 0 Å². The zero-order chi connectivity index (χ0) is 14.4. The molecule has 0 aromatic heterocycles. The third-order valence-corrected chi connectivity index (χ3v) is 4.45. The third-order valence-electron chi connectivity index (χ3n) is 2.95. The molecule has 2 aromatic carbocycles. The molecule has 2 nitrogen and oxygen atoms in total. The lowest BCUT2D eigenvalue weighted by molar-refractivity contribution is 0.319. The number of thioether (sulfide) groups is 1. The van der Waals surface area contributed by atoms with Gasteiger partial charge in [-0.2, -0.15) is 0 Å². The van der Waals surface area contributed by atoms with E-state index in [0.717, 1.165) is 34.2 Å². The van der Waals surface area contributed by atoms with Crippen LogP contribution in [0.15, 0.2) is 47.4 Å². The van der Waals surface area contributed by atoms with Gasteiger partial charge in [-0.25, -0.2) is 0 Å². The van der Waals surface area contributed by atoms with E-state index in [4.69, 9.17) is 22.1 Å². The molecule has 2 aromatic rings. The van der Waals surface area contributed by atoms with Crippen molar-refractivity contribution in [1.29, 1.82) is 0 Å². The number of anilines is 1. The molecule has 106 valence electrons. The molecular formula is C16H18ClNOS. The van der Waals surface area contributed by atoms with Crippen LogP contribution in [0.1, 0.15) is 12.0 Å². The highest BCUT2D eigenvalue weighted by molar-refractivity contribution is 7.99. The van der Waals surface area contributed by atoms with E-state index in [9.17, 15) is 0 Å². The molecule has 0 atom stereocenters. The minimum absolute atomic E-state index is 0.704. The molecule has 2 rings (SSSR count). The van der Waals surface area contributed by atoms with Gasteiger partial charge in [0.15, 0.2) is 0 Å². The summed E-state index contributed by atoms with van der Waals surface area (Å²) in [6.07, 6.45) is 0.988. The van der Waals surface area contributed by atoms with Crippen LogP contribution in [0.4, 0.5) is 5.69 Å². The van der Waals surface area contributed by atoms with Crippen LogP contribution >= 0.6 is 23.4 Å². The SMILES string of the molecule is Cc1c(N)cccc1SCCCOc1ccc(Cl)cc1. The van der Waals surface area contributed by atoms with Gasteiger partial charge >= 0.3 is 0 Å². The molecule has 0 heterocycles. The van der Waals surface area contributed by atoms with E-state index >= 15 is 0 Å². The van der Waals surface area contributed by atoms with E-state index in [1.54, 1.807) is 0 Å². The Morgan fingerprint density at radius 2 is 1.90 bits per heavy atom. The van der Waals surface area contributed by atoms with Crippen LogP contribution in [0, 0.1) is 6.92 Å². The van der Waals surface area contributed by atoms with Crippen molar-refractivity contribution in [3.05, 3.63) is 53.1 Å². The molecule has 0 saturated heterocycles. The number of hydrogen-bond donors (Lipinski definition) is 1. The highest BCUT2D eigenvalue weighted by Crippen LogP contribution is 2.26. The second-order valence-corrected chi connectivity index (χ2v) is 6.05. The van der Waals surface area contributed by atoms with Crippen molar-refractivity contribution in [3.8, 4) is 5.75 Å². The summed E-state index contributed by atoms with van der Waals surface area (Å²) in [4.78, 5) is 1.25. The van der Waals surface area contributed by atoms with Gasteiger partial charge < -0.3 is 10.5 Å². The molecule has 0 aliphatic carbocycles. The Labute approximate surface area is 129 Å². The monoisotopic (exact) mass is 307 g/mol. The largest absolute Gasteiger partial charge is 0.494 e. The van der Waals surface area contributed by atoms with Crippen molar-refractivity contribution >= 4 is 29.1 Å². The second kappa shape index (κ2) is 7.46. The van der Waals surface area contributed by atoms with Gasteiger partial charge in [0, 0.05) is 21.4 Å². The lowest BCUT2D eigenvalue weighted by Gasteiger charge is -2.08. The van der Waals surface area contributed by atoms with Crippen LogP contribution in [0.3, 0.4) is 0 Å². The third kappa shape index (κ3) is 4.36. The first-order valence-electron chi connectivity index (χ1n) is 6.53. The Hall–Kier alpha value is -1.32. The first-order chi connectivity index (χ1) is 9.66. The molecule has 0 bridgehead atoms. The van der Waals surface area contributed by atoms with E-state index in [1.165, 1.54) is 4.90 Å². The van der Waals surface area contributed by atoms with Crippen molar-refractivity contribution in [2.45, 2.75) is 18.2 Å². The minimum atomic E-state index is 0.704. The van der Waals surface area contributed by atoms with Gasteiger partial charge in [0.1, 0.15) is 5.75 Å². The Morgan fingerprint density at radius 3 is 2.65 bits per heavy atom. The molecular weight excluding hydrogens is 290 g/mol. The van der Waals surface area contributed by atoms with Crippen LogP contribution in [0.5, 0.6) is 5.75 Å². The maximum absolute atomic E-state index is 5.89. The molecule has 0 amide bonds. The Balaban J connectivity index is 1.71. The molecule has 0 fully saturated rings. The number of hydrogen-bond acceptors (Lipinski definition) is 3. The highest BCUT2D eigenvalue weighted by atomic mass is 35.5. The molecule has 0 radical (unpaired) electrons. The summed E-state index contributed by atoms with van der Waals surface area (Å²) in [7, 11) is 0. The molecule has 20 heavy (non-hydrogen) atoms. The molecule has 0 spiro atoms. The van der Waals surface area contributed by atoms with Gasteiger partial charge in [0.2, 0.25) is 0 Å². The average Bonchev–Trinajstić information content (AvgIpc) is 2.45. The van der Waals surface area contributed by atoms with E-state index in [2.05, 4.69) is 13.0 Å². The number of halogens is 1. The maximum Gasteiger partial charge on any atom is 0.119 e. The molecule has 0 saturated carbocycles. The first-order valence-corrected chi connectivity index (χ1v) is 7.89. The maximum atomic E-state index is 5.89. The van der Waals surface area contributed by atoms with Crippen LogP contribution in [-0.2, 0) is 0 Å². The smallest absolute Gasteiger partial charge is 0.119 e. The summed E-state index contributed by atoms with van der Waals surface area (Å²) in [5.74, 6) is 1.87. The van der Waals surface area contributed by atoms with Gasteiger partial charge in [0.05, 0.1) is 6.61 Å². The summed E-state index contributed by atoms with van der Waals surface area (Å²) in [6.45, 7) is 2.76.